The molecule has 4 rings (SSSR count). The Kier molecular flexibility index (Phi) is 4.94. The van der Waals surface area contributed by atoms with Gasteiger partial charge in [0.1, 0.15) is 5.82 Å². The van der Waals surface area contributed by atoms with Crippen LogP contribution in [-0.4, -0.2) is 34.9 Å². The van der Waals surface area contributed by atoms with E-state index in [1.165, 1.54) is 17.7 Å². The molecule has 1 aliphatic heterocycles. The molecule has 5 heteroatoms. The Bertz CT molecular complexity index is 943. The Hall–Kier alpha value is -2.66. The summed E-state index contributed by atoms with van der Waals surface area (Å²) in [6.45, 7) is 4.72. The highest BCUT2D eigenvalue weighted by Gasteiger charge is 2.23. The van der Waals surface area contributed by atoms with Crippen molar-refractivity contribution in [1.29, 1.82) is 0 Å². The lowest BCUT2D eigenvalue weighted by Crippen LogP contribution is -2.44. The van der Waals surface area contributed by atoms with Crippen LogP contribution in [0.25, 0.3) is 10.9 Å². The second kappa shape index (κ2) is 7.53. The van der Waals surface area contributed by atoms with E-state index in [1.807, 2.05) is 13.0 Å². The average molecular weight is 365 g/mol. The third-order valence-electron chi connectivity index (χ3n) is 5.35. The molecule has 3 aromatic rings. The molecule has 27 heavy (non-hydrogen) atoms. The van der Waals surface area contributed by atoms with Crippen LogP contribution in [0.3, 0.4) is 0 Å². The first-order valence-corrected chi connectivity index (χ1v) is 9.45. The molecule has 0 saturated carbocycles. The Morgan fingerprint density at radius 3 is 2.67 bits per heavy atom. The molecule has 1 aromatic heterocycles. The van der Waals surface area contributed by atoms with Crippen molar-refractivity contribution in [3.05, 3.63) is 71.2 Å². The normalized spacial score (nSPS) is 15.9. The summed E-state index contributed by atoms with van der Waals surface area (Å²) in [5.74, 6) is -0.448. The Morgan fingerprint density at radius 1 is 1.19 bits per heavy atom. The molecule has 1 saturated heterocycles. The van der Waals surface area contributed by atoms with Crippen molar-refractivity contribution >= 4 is 16.8 Å². The number of halogens is 1. The van der Waals surface area contributed by atoms with Crippen molar-refractivity contribution in [2.24, 2.45) is 0 Å². The summed E-state index contributed by atoms with van der Waals surface area (Å²) in [6.07, 6.45) is 1.85. The second-order valence-corrected chi connectivity index (χ2v) is 7.32. The fourth-order valence-corrected chi connectivity index (χ4v) is 3.93. The van der Waals surface area contributed by atoms with E-state index in [9.17, 15) is 9.18 Å². The predicted octanol–water partition coefficient (Wildman–Crippen LogP) is 4.01. The van der Waals surface area contributed by atoms with Crippen LogP contribution in [0.2, 0.25) is 0 Å². The summed E-state index contributed by atoms with van der Waals surface area (Å²) < 4.78 is 13.6. The summed E-state index contributed by atoms with van der Waals surface area (Å²) in [7, 11) is 0. The van der Waals surface area contributed by atoms with Gasteiger partial charge in [-0.05, 0) is 43.5 Å². The van der Waals surface area contributed by atoms with Gasteiger partial charge in [-0.1, -0.05) is 30.3 Å². The fraction of sp³-hybridized carbons (Fsp3) is 0.318. The summed E-state index contributed by atoms with van der Waals surface area (Å²) in [4.78, 5) is 18.4. The number of piperidine rings is 1. The van der Waals surface area contributed by atoms with Gasteiger partial charge in [0.25, 0.3) is 5.91 Å². The van der Waals surface area contributed by atoms with Crippen LogP contribution in [0.5, 0.6) is 0 Å². The van der Waals surface area contributed by atoms with Crippen LogP contribution in [-0.2, 0) is 6.54 Å². The largest absolute Gasteiger partial charge is 0.358 e. The van der Waals surface area contributed by atoms with Crippen LogP contribution < -0.4 is 5.32 Å². The number of nitrogens with one attached hydrogen (secondary N) is 2. The van der Waals surface area contributed by atoms with Gasteiger partial charge in [-0.2, -0.15) is 0 Å². The SMILES string of the molecule is Cc1[nH]c2ccc(F)cc2c1C(=O)NC1CCN(Cc2ccccc2)CC1. The zero-order valence-electron chi connectivity index (χ0n) is 15.5. The summed E-state index contributed by atoms with van der Waals surface area (Å²) in [5, 5.41) is 3.79. The molecule has 4 nitrogen and oxygen atoms in total. The molecule has 0 bridgehead atoms. The van der Waals surface area contributed by atoms with Gasteiger partial charge in [0.05, 0.1) is 5.56 Å². The van der Waals surface area contributed by atoms with Crippen LogP contribution in [0.1, 0.15) is 34.5 Å². The van der Waals surface area contributed by atoms with E-state index in [4.69, 9.17) is 0 Å². The van der Waals surface area contributed by atoms with Crippen LogP contribution in [0.15, 0.2) is 48.5 Å². The molecule has 1 amide bonds. The average Bonchev–Trinajstić information content (AvgIpc) is 2.99. The first kappa shape index (κ1) is 17.7. The number of carbonyl (C=O) groups excluding carboxylic acids is 1. The number of amides is 1. The molecule has 0 radical (unpaired) electrons. The minimum Gasteiger partial charge on any atom is -0.358 e. The van der Waals surface area contributed by atoms with E-state index < -0.39 is 0 Å². The van der Waals surface area contributed by atoms with Gasteiger partial charge >= 0.3 is 0 Å². The first-order valence-electron chi connectivity index (χ1n) is 9.45. The Labute approximate surface area is 158 Å². The number of aromatic amines is 1. The maximum Gasteiger partial charge on any atom is 0.253 e. The quantitative estimate of drug-likeness (QED) is 0.734. The Morgan fingerprint density at radius 2 is 1.93 bits per heavy atom. The molecule has 0 atom stereocenters. The monoisotopic (exact) mass is 365 g/mol. The molecule has 1 fully saturated rings. The second-order valence-electron chi connectivity index (χ2n) is 7.32. The number of rotatable bonds is 4. The van der Waals surface area contributed by atoms with E-state index in [1.54, 1.807) is 6.07 Å². The molecular formula is C22H24FN3O. The van der Waals surface area contributed by atoms with Crippen LogP contribution >= 0.6 is 0 Å². The molecule has 0 spiro atoms. The third kappa shape index (κ3) is 3.88. The molecule has 140 valence electrons. The van der Waals surface area contributed by atoms with Gasteiger partial charge in [-0.15, -0.1) is 0 Å². The lowest BCUT2D eigenvalue weighted by Gasteiger charge is -2.32. The summed E-state index contributed by atoms with van der Waals surface area (Å²) >= 11 is 0. The van der Waals surface area contributed by atoms with Crippen LogP contribution in [0, 0.1) is 12.7 Å². The number of carbonyl (C=O) groups is 1. The van der Waals surface area contributed by atoms with Gasteiger partial charge in [0.15, 0.2) is 0 Å². The van der Waals surface area contributed by atoms with Gasteiger partial charge in [0, 0.05) is 42.3 Å². The molecule has 2 aromatic carbocycles. The maximum absolute atomic E-state index is 13.6. The summed E-state index contributed by atoms with van der Waals surface area (Å²) in [5.41, 5.74) is 3.43. The fourth-order valence-electron chi connectivity index (χ4n) is 3.93. The van der Waals surface area contributed by atoms with Crippen molar-refractivity contribution in [2.45, 2.75) is 32.4 Å². The molecule has 0 unspecified atom stereocenters. The van der Waals surface area contributed by atoms with Crippen LogP contribution in [0.4, 0.5) is 4.39 Å². The molecule has 1 aliphatic rings. The van der Waals surface area contributed by atoms with E-state index in [-0.39, 0.29) is 17.8 Å². The zero-order chi connectivity index (χ0) is 18.8. The Balaban J connectivity index is 1.39. The van der Waals surface area contributed by atoms with Gasteiger partial charge in [0.2, 0.25) is 0 Å². The number of hydrogen-bond acceptors (Lipinski definition) is 2. The highest BCUT2D eigenvalue weighted by atomic mass is 19.1. The lowest BCUT2D eigenvalue weighted by atomic mass is 10.0. The molecular weight excluding hydrogens is 341 g/mol. The first-order chi connectivity index (χ1) is 13.1. The van der Waals surface area contributed by atoms with E-state index in [0.29, 0.717) is 10.9 Å². The number of nitrogens with zero attached hydrogens (tertiary/aromatic N) is 1. The number of likely N-dealkylation sites (tertiary alicyclic amines) is 1. The van der Waals surface area contributed by atoms with E-state index in [2.05, 4.69) is 39.5 Å². The zero-order valence-corrected chi connectivity index (χ0v) is 15.5. The highest BCUT2D eigenvalue weighted by Crippen LogP contribution is 2.24. The third-order valence-corrected chi connectivity index (χ3v) is 5.35. The van der Waals surface area contributed by atoms with Crippen molar-refractivity contribution in [3.63, 3.8) is 0 Å². The summed E-state index contributed by atoms with van der Waals surface area (Å²) in [6, 6.07) is 15.1. The standard InChI is InChI=1S/C22H24FN3O/c1-15-21(19-13-17(23)7-8-20(19)24-15)22(27)25-18-9-11-26(12-10-18)14-16-5-3-2-4-6-16/h2-8,13,18,24H,9-12,14H2,1H3,(H,25,27). The van der Waals surface area contributed by atoms with Gasteiger partial charge in [-0.25, -0.2) is 4.39 Å². The lowest BCUT2D eigenvalue weighted by molar-refractivity contribution is 0.0910. The maximum atomic E-state index is 13.6. The minimum absolute atomic E-state index is 0.120. The molecule has 2 heterocycles. The van der Waals surface area contributed by atoms with Crippen molar-refractivity contribution in [1.82, 2.24) is 15.2 Å². The number of fused-ring (bicyclic) bond motifs is 1. The molecule has 0 aliphatic carbocycles. The van der Waals surface area contributed by atoms with Crippen molar-refractivity contribution in [2.75, 3.05) is 13.1 Å². The number of hydrogen-bond donors (Lipinski definition) is 2. The highest BCUT2D eigenvalue weighted by molar-refractivity contribution is 6.08. The number of aromatic nitrogens is 1. The minimum atomic E-state index is -0.329. The number of aryl methyl sites for hydroxylation is 1. The number of benzene rings is 2. The van der Waals surface area contributed by atoms with E-state index in [0.717, 1.165) is 43.7 Å². The number of H-pyrrole nitrogens is 1. The van der Waals surface area contributed by atoms with Gasteiger partial charge < -0.3 is 10.3 Å². The topological polar surface area (TPSA) is 48.1 Å². The predicted molar refractivity (Wildman–Crippen MR) is 105 cm³/mol. The van der Waals surface area contributed by atoms with Gasteiger partial charge in [-0.3, -0.25) is 9.69 Å². The smallest absolute Gasteiger partial charge is 0.253 e. The van der Waals surface area contributed by atoms with Crippen molar-refractivity contribution in [3.8, 4) is 0 Å². The van der Waals surface area contributed by atoms with Crippen molar-refractivity contribution < 1.29 is 9.18 Å². The molecule has 2 N–H and O–H groups in total. The van der Waals surface area contributed by atoms with E-state index >= 15 is 0 Å².